The summed E-state index contributed by atoms with van der Waals surface area (Å²) in [6.07, 6.45) is 7.78. The van der Waals surface area contributed by atoms with Gasteiger partial charge in [-0.05, 0) is 49.3 Å². The van der Waals surface area contributed by atoms with Gasteiger partial charge < -0.3 is 10.6 Å². The third-order valence-electron chi connectivity index (χ3n) is 3.29. The topological polar surface area (TPSA) is 24.1 Å². The molecule has 0 aromatic heterocycles. The van der Waals surface area contributed by atoms with Crippen molar-refractivity contribution in [3.05, 3.63) is 29.3 Å². The molecule has 0 atom stereocenters. The van der Waals surface area contributed by atoms with Gasteiger partial charge in [0.2, 0.25) is 0 Å². The van der Waals surface area contributed by atoms with Crippen molar-refractivity contribution < 1.29 is 0 Å². The maximum absolute atomic E-state index is 5.85. The van der Waals surface area contributed by atoms with Gasteiger partial charge in [-0.1, -0.05) is 37.3 Å². The third kappa shape index (κ3) is 4.46. The van der Waals surface area contributed by atoms with E-state index < -0.39 is 0 Å². The highest BCUT2D eigenvalue weighted by Crippen LogP contribution is 2.18. The number of anilines is 1. The molecular formula is C14H19ClN2S. The summed E-state index contributed by atoms with van der Waals surface area (Å²) in [6, 6.07) is 8.11. The van der Waals surface area contributed by atoms with Crippen LogP contribution in [-0.2, 0) is 0 Å². The molecule has 0 saturated heterocycles. The van der Waals surface area contributed by atoms with Gasteiger partial charge in [0.1, 0.15) is 0 Å². The second-order valence-corrected chi connectivity index (χ2v) is 5.64. The lowest BCUT2D eigenvalue weighted by molar-refractivity contribution is 0.535. The molecule has 0 aliphatic heterocycles. The highest BCUT2D eigenvalue weighted by atomic mass is 35.5. The van der Waals surface area contributed by atoms with Gasteiger partial charge >= 0.3 is 0 Å². The largest absolute Gasteiger partial charge is 0.360 e. The molecule has 1 aromatic carbocycles. The quantitative estimate of drug-likeness (QED) is 0.623. The Balaban J connectivity index is 1.82. The first-order valence-electron chi connectivity index (χ1n) is 6.57. The van der Waals surface area contributed by atoms with E-state index in [1.54, 1.807) is 0 Å². The van der Waals surface area contributed by atoms with E-state index in [4.69, 9.17) is 23.8 Å². The fourth-order valence-electron chi connectivity index (χ4n) is 2.31. The Hall–Kier alpha value is -0.800. The predicted octanol–water partition coefficient (Wildman–Crippen LogP) is 4.35. The molecule has 1 fully saturated rings. The van der Waals surface area contributed by atoms with E-state index in [1.807, 2.05) is 24.3 Å². The van der Waals surface area contributed by atoms with Crippen LogP contribution < -0.4 is 10.6 Å². The summed E-state index contributed by atoms with van der Waals surface area (Å²) in [7, 11) is 0. The molecule has 98 valence electrons. The van der Waals surface area contributed by atoms with E-state index in [2.05, 4.69) is 10.6 Å². The Kier molecular flexibility index (Phi) is 5.26. The average molecular weight is 283 g/mol. The minimum Gasteiger partial charge on any atom is -0.360 e. The Bertz CT molecular complexity index is 383. The lowest BCUT2D eigenvalue weighted by Crippen LogP contribution is -2.37. The Morgan fingerprint density at radius 2 is 1.67 bits per heavy atom. The van der Waals surface area contributed by atoms with Crippen LogP contribution in [0.25, 0.3) is 0 Å². The van der Waals surface area contributed by atoms with Crippen molar-refractivity contribution >= 4 is 34.6 Å². The van der Waals surface area contributed by atoms with Crippen LogP contribution in [0.2, 0.25) is 5.02 Å². The summed E-state index contributed by atoms with van der Waals surface area (Å²) >= 11 is 11.2. The summed E-state index contributed by atoms with van der Waals surface area (Å²) in [5, 5.41) is 8.06. The number of hydrogen-bond donors (Lipinski definition) is 2. The lowest BCUT2D eigenvalue weighted by Gasteiger charge is -2.19. The van der Waals surface area contributed by atoms with E-state index in [9.17, 15) is 0 Å². The molecule has 2 rings (SSSR count). The monoisotopic (exact) mass is 282 g/mol. The second kappa shape index (κ2) is 6.95. The van der Waals surface area contributed by atoms with Crippen molar-refractivity contribution in [1.29, 1.82) is 0 Å². The summed E-state index contributed by atoms with van der Waals surface area (Å²) in [5.41, 5.74) is 0.977. The fourth-order valence-corrected chi connectivity index (χ4v) is 2.72. The van der Waals surface area contributed by atoms with Crippen LogP contribution in [-0.4, -0.2) is 11.2 Å². The molecule has 4 heteroatoms. The smallest absolute Gasteiger partial charge is 0.170 e. The minimum atomic E-state index is 0.528. The van der Waals surface area contributed by atoms with Crippen LogP contribution in [0, 0.1) is 0 Å². The van der Waals surface area contributed by atoms with Crippen molar-refractivity contribution in [1.82, 2.24) is 5.32 Å². The molecule has 1 aliphatic rings. The van der Waals surface area contributed by atoms with Crippen molar-refractivity contribution in [3.63, 3.8) is 0 Å². The summed E-state index contributed by atoms with van der Waals surface area (Å²) < 4.78 is 0. The minimum absolute atomic E-state index is 0.528. The molecule has 1 aromatic rings. The first-order valence-corrected chi connectivity index (χ1v) is 7.36. The number of hydrogen-bond acceptors (Lipinski definition) is 1. The first-order chi connectivity index (χ1) is 8.74. The average Bonchev–Trinajstić information content (AvgIpc) is 2.61. The number of benzene rings is 1. The van der Waals surface area contributed by atoms with Gasteiger partial charge in [0.25, 0.3) is 0 Å². The van der Waals surface area contributed by atoms with Gasteiger partial charge in [-0.15, -0.1) is 0 Å². The van der Waals surface area contributed by atoms with Gasteiger partial charge in [0.05, 0.1) is 0 Å². The van der Waals surface area contributed by atoms with E-state index in [-0.39, 0.29) is 0 Å². The molecule has 2 N–H and O–H groups in total. The molecule has 2 nitrogen and oxygen atoms in total. The molecule has 0 spiro atoms. The number of halogens is 1. The van der Waals surface area contributed by atoms with Crippen LogP contribution in [0.4, 0.5) is 5.69 Å². The molecule has 18 heavy (non-hydrogen) atoms. The summed E-state index contributed by atoms with van der Waals surface area (Å²) in [4.78, 5) is 0. The summed E-state index contributed by atoms with van der Waals surface area (Å²) in [6.45, 7) is 0. The van der Waals surface area contributed by atoms with Crippen LogP contribution in [0.1, 0.15) is 38.5 Å². The van der Waals surface area contributed by atoms with Gasteiger partial charge in [-0.3, -0.25) is 0 Å². The van der Waals surface area contributed by atoms with Crippen molar-refractivity contribution in [3.8, 4) is 0 Å². The normalized spacial score (nSPS) is 16.9. The zero-order chi connectivity index (χ0) is 12.8. The van der Waals surface area contributed by atoms with E-state index >= 15 is 0 Å². The van der Waals surface area contributed by atoms with Crippen molar-refractivity contribution in [2.75, 3.05) is 5.32 Å². The zero-order valence-electron chi connectivity index (χ0n) is 10.4. The van der Waals surface area contributed by atoms with Crippen LogP contribution >= 0.6 is 23.8 Å². The molecular weight excluding hydrogens is 264 g/mol. The lowest BCUT2D eigenvalue weighted by atomic mass is 10.1. The third-order valence-corrected chi connectivity index (χ3v) is 3.76. The zero-order valence-corrected chi connectivity index (χ0v) is 12.0. The Morgan fingerprint density at radius 3 is 2.28 bits per heavy atom. The van der Waals surface area contributed by atoms with Crippen LogP contribution in [0.15, 0.2) is 24.3 Å². The number of rotatable bonds is 2. The molecule has 0 heterocycles. The molecule has 0 radical (unpaired) electrons. The molecule has 0 bridgehead atoms. The van der Waals surface area contributed by atoms with Gasteiger partial charge in [0.15, 0.2) is 5.11 Å². The first kappa shape index (κ1) is 13.6. The maximum atomic E-state index is 5.85. The van der Waals surface area contributed by atoms with Gasteiger partial charge in [-0.2, -0.15) is 0 Å². The van der Waals surface area contributed by atoms with Crippen molar-refractivity contribution in [2.45, 2.75) is 44.6 Å². The van der Waals surface area contributed by atoms with Crippen molar-refractivity contribution in [2.24, 2.45) is 0 Å². The Labute approximate surface area is 119 Å². The maximum Gasteiger partial charge on any atom is 0.170 e. The van der Waals surface area contributed by atoms with E-state index in [0.717, 1.165) is 10.7 Å². The van der Waals surface area contributed by atoms with Crippen LogP contribution in [0.3, 0.4) is 0 Å². The molecule has 1 saturated carbocycles. The SMILES string of the molecule is S=C(Nc1ccc(Cl)cc1)NC1CCCCCC1. The molecule has 1 aliphatic carbocycles. The van der Waals surface area contributed by atoms with Crippen LogP contribution in [0.5, 0.6) is 0 Å². The predicted molar refractivity (Wildman–Crippen MR) is 82.3 cm³/mol. The number of thiocarbonyl (C=S) groups is 1. The highest BCUT2D eigenvalue weighted by Gasteiger charge is 2.12. The Morgan fingerprint density at radius 1 is 1.06 bits per heavy atom. The van der Waals surface area contributed by atoms with Gasteiger partial charge in [0, 0.05) is 16.8 Å². The fraction of sp³-hybridized carbons (Fsp3) is 0.500. The second-order valence-electron chi connectivity index (χ2n) is 4.79. The number of nitrogens with one attached hydrogen (secondary N) is 2. The molecule has 0 unspecified atom stereocenters. The van der Waals surface area contributed by atoms with Gasteiger partial charge in [-0.25, -0.2) is 0 Å². The standard InChI is InChI=1S/C14H19ClN2S/c15-11-7-9-13(10-8-11)17-14(18)16-12-5-3-1-2-4-6-12/h7-10,12H,1-6H2,(H2,16,17,18). The van der Waals surface area contributed by atoms with E-state index in [1.165, 1.54) is 38.5 Å². The highest BCUT2D eigenvalue weighted by molar-refractivity contribution is 7.80. The van der Waals surface area contributed by atoms with E-state index in [0.29, 0.717) is 11.2 Å². The summed E-state index contributed by atoms with van der Waals surface area (Å²) in [5.74, 6) is 0. The molecule has 0 amide bonds.